The second-order valence-corrected chi connectivity index (χ2v) is 5.25. The van der Waals surface area contributed by atoms with Crippen LogP contribution in [0.5, 0.6) is 11.5 Å². The fraction of sp³-hybridized carbons (Fsp3) is 0.412. The molecule has 2 aromatic rings. The molecule has 2 N–H and O–H groups in total. The maximum Gasteiger partial charge on any atom is 0.160 e. The lowest BCUT2D eigenvalue weighted by atomic mass is 9.96. The molecule has 0 aliphatic rings. The molecule has 0 saturated heterocycles. The van der Waals surface area contributed by atoms with Gasteiger partial charge >= 0.3 is 0 Å². The molecule has 0 radical (unpaired) electrons. The average molecular weight is 289 g/mol. The number of hydrogen-bond donors (Lipinski definition) is 1. The first-order valence-corrected chi connectivity index (χ1v) is 7.00. The molecule has 0 aliphatic carbocycles. The fourth-order valence-electron chi connectivity index (χ4n) is 2.72. The van der Waals surface area contributed by atoms with Crippen molar-refractivity contribution in [1.82, 2.24) is 0 Å². The lowest BCUT2D eigenvalue weighted by Crippen LogP contribution is -2.15. The minimum atomic E-state index is -0.0967. The summed E-state index contributed by atoms with van der Waals surface area (Å²) in [7, 11) is 3.26. The first kappa shape index (κ1) is 15.4. The topological polar surface area (TPSA) is 57.6 Å². The van der Waals surface area contributed by atoms with E-state index in [2.05, 4.69) is 6.92 Å². The Balaban J connectivity index is 2.25. The highest BCUT2D eigenvalue weighted by Gasteiger charge is 2.18. The van der Waals surface area contributed by atoms with Crippen LogP contribution in [0.25, 0.3) is 0 Å². The average Bonchev–Trinajstić information content (AvgIpc) is 2.71. The van der Waals surface area contributed by atoms with Gasteiger partial charge in [-0.25, -0.2) is 0 Å². The van der Waals surface area contributed by atoms with Crippen molar-refractivity contribution in [2.24, 2.45) is 5.73 Å². The Morgan fingerprint density at radius 3 is 2.24 bits per heavy atom. The molecule has 1 unspecified atom stereocenters. The van der Waals surface area contributed by atoms with Crippen molar-refractivity contribution in [2.45, 2.75) is 33.2 Å². The van der Waals surface area contributed by atoms with Gasteiger partial charge in [-0.1, -0.05) is 6.07 Å². The van der Waals surface area contributed by atoms with Gasteiger partial charge in [0.25, 0.3) is 0 Å². The predicted molar refractivity (Wildman–Crippen MR) is 83.1 cm³/mol. The summed E-state index contributed by atoms with van der Waals surface area (Å²) in [5.74, 6) is 3.28. The van der Waals surface area contributed by atoms with Crippen LogP contribution in [0.3, 0.4) is 0 Å². The van der Waals surface area contributed by atoms with E-state index in [-0.39, 0.29) is 6.04 Å². The fourth-order valence-corrected chi connectivity index (χ4v) is 2.72. The van der Waals surface area contributed by atoms with E-state index in [4.69, 9.17) is 19.6 Å². The van der Waals surface area contributed by atoms with Crippen molar-refractivity contribution in [3.8, 4) is 11.5 Å². The van der Waals surface area contributed by atoms with E-state index in [0.29, 0.717) is 0 Å². The van der Waals surface area contributed by atoms with Crippen LogP contribution in [0.2, 0.25) is 0 Å². The monoisotopic (exact) mass is 289 g/mol. The molecule has 1 atom stereocenters. The highest BCUT2D eigenvalue weighted by atomic mass is 16.5. The second kappa shape index (κ2) is 6.22. The molecule has 114 valence electrons. The van der Waals surface area contributed by atoms with E-state index >= 15 is 0 Å². The standard InChI is InChI=1S/C17H23NO3/c1-10-11(2)21-12(3)17(10)14(18)8-13-6-7-15(19-4)16(9-13)20-5/h6-7,9,14H,8,18H2,1-5H3. The normalized spacial score (nSPS) is 12.3. The predicted octanol–water partition coefficient (Wildman–Crippen LogP) is 3.46. The van der Waals surface area contributed by atoms with Crippen molar-refractivity contribution in [2.75, 3.05) is 14.2 Å². The largest absolute Gasteiger partial charge is 0.493 e. The molecule has 1 heterocycles. The van der Waals surface area contributed by atoms with E-state index in [9.17, 15) is 0 Å². The number of benzene rings is 1. The minimum Gasteiger partial charge on any atom is -0.493 e. The minimum absolute atomic E-state index is 0.0967. The zero-order valence-corrected chi connectivity index (χ0v) is 13.3. The van der Waals surface area contributed by atoms with Gasteiger partial charge in [0.2, 0.25) is 0 Å². The highest BCUT2D eigenvalue weighted by Crippen LogP contribution is 2.31. The van der Waals surface area contributed by atoms with Gasteiger partial charge in [-0.2, -0.15) is 0 Å². The molecule has 0 bridgehead atoms. The Bertz CT molecular complexity index is 631. The molecule has 4 heteroatoms. The van der Waals surface area contributed by atoms with Crippen LogP contribution >= 0.6 is 0 Å². The number of aryl methyl sites for hydroxylation is 2. The van der Waals surface area contributed by atoms with E-state index in [1.54, 1.807) is 14.2 Å². The van der Waals surface area contributed by atoms with Crippen LogP contribution in [0.1, 0.15) is 34.3 Å². The quantitative estimate of drug-likeness (QED) is 0.915. The van der Waals surface area contributed by atoms with Gasteiger partial charge in [-0.3, -0.25) is 0 Å². The summed E-state index contributed by atoms with van der Waals surface area (Å²) in [6.07, 6.45) is 0.723. The third kappa shape index (κ3) is 3.05. The molecule has 0 fully saturated rings. The lowest BCUT2D eigenvalue weighted by molar-refractivity contribution is 0.354. The van der Waals surface area contributed by atoms with E-state index in [1.807, 2.05) is 32.0 Å². The number of furan rings is 1. The molecule has 0 amide bonds. The van der Waals surface area contributed by atoms with Crippen molar-refractivity contribution in [1.29, 1.82) is 0 Å². The van der Waals surface area contributed by atoms with Gasteiger partial charge in [-0.05, 0) is 50.5 Å². The SMILES string of the molecule is COc1ccc(CC(N)c2c(C)oc(C)c2C)cc1OC. The lowest BCUT2D eigenvalue weighted by Gasteiger charge is -2.14. The van der Waals surface area contributed by atoms with E-state index in [1.165, 1.54) is 0 Å². The van der Waals surface area contributed by atoms with Gasteiger partial charge in [0, 0.05) is 11.6 Å². The Morgan fingerprint density at radius 2 is 1.71 bits per heavy atom. The van der Waals surface area contributed by atoms with Crippen molar-refractivity contribution >= 4 is 0 Å². The number of methoxy groups -OCH3 is 2. The summed E-state index contributed by atoms with van der Waals surface area (Å²) < 4.78 is 16.2. The zero-order chi connectivity index (χ0) is 15.6. The highest BCUT2D eigenvalue weighted by molar-refractivity contribution is 5.44. The van der Waals surface area contributed by atoms with Crippen molar-refractivity contribution in [3.63, 3.8) is 0 Å². The first-order chi connectivity index (χ1) is 9.97. The molecule has 0 spiro atoms. The Hall–Kier alpha value is -1.94. The maximum absolute atomic E-state index is 6.37. The second-order valence-electron chi connectivity index (χ2n) is 5.25. The molecule has 2 rings (SSSR count). The maximum atomic E-state index is 6.37. The molecule has 1 aromatic heterocycles. The van der Waals surface area contributed by atoms with Gasteiger partial charge in [0.15, 0.2) is 11.5 Å². The molecule has 0 aliphatic heterocycles. The summed E-state index contributed by atoms with van der Waals surface area (Å²) in [4.78, 5) is 0. The van der Waals surface area contributed by atoms with E-state index < -0.39 is 0 Å². The van der Waals surface area contributed by atoms with Crippen LogP contribution < -0.4 is 15.2 Å². The third-order valence-electron chi connectivity index (χ3n) is 3.89. The summed E-state index contributed by atoms with van der Waals surface area (Å²) in [6.45, 7) is 5.98. The Morgan fingerprint density at radius 1 is 1.05 bits per heavy atom. The van der Waals surface area contributed by atoms with Crippen molar-refractivity contribution in [3.05, 3.63) is 46.4 Å². The van der Waals surface area contributed by atoms with Crippen LogP contribution in [0.15, 0.2) is 22.6 Å². The molecule has 0 saturated carbocycles. The van der Waals surface area contributed by atoms with Crippen molar-refractivity contribution < 1.29 is 13.9 Å². The Kier molecular flexibility index (Phi) is 4.58. The van der Waals surface area contributed by atoms with Crippen LogP contribution in [-0.2, 0) is 6.42 Å². The summed E-state index contributed by atoms with van der Waals surface area (Å²) >= 11 is 0. The zero-order valence-electron chi connectivity index (χ0n) is 13.3. The molecule has 1 aromatic carbocycles. The molecular formula is C17H23NO3. The van der Waals surface area contributed by atoms with Crippen LogP contribution in [-0.4, -0.2) is 14.2 Å². The molecular weight excluding hydrogens is 266 g/mol. The number of ether oxygens (including phenoxy) is 2. The van der Waals surface area contributed by atoms with Crippen LogP contribution in [0.4, 0.5) is 0 Å². The van der Waals surface area contributed by atoms with E-state index in [0.717, 1.165) is 46.1 Å². The number of hydrogen-bond acceptors (Lipinski definition) is 4. The molecule has 21 heavy (non-hydrogen) atoms. The third-order valence-corrected chi connectivity index (χ3v) is 3.89. The Labute approximate surface area is 125 Å². The number of nitrogens with two attached hydrogens (primary N) is 1. The van der Waals surface area contributed by atoms with Gasteiger partial charge in [-0.15, -0.1) is 0 Å². The van der Waals surface area contributed by atoms with Crippen LogP contribution in [0, 0.1) is 20.8 Å². The summed E-state index contributed by atoms with van der Waals surface area (Å²) in [5, 5.41) is 0. The summed E-state index contributed by atoms with van der Waals surface area (Å²) in [6, 6.07) is 5.79. The van der Waals surface area contributed by atoms with Gasteiger partial charge in [0.1, 0.15) is 11.5 Å². The van der Waals surface area contributed by atoms with Gasteiger partial charge < -0.3 is 19.6 Å². The smallest absolute Gasteiger partial charge is 0.160 e. The molecule has 4 nitrogen and oxygen atoms in total. The first-order valence-electron chi connectivity index (χ1n) is 7.00. The van der Waals surface area contributed by atoms with Gasteiger partial charge in [0.05, 0.1) is 14.2 Å². The summed E-state index contributed by atoms with van der Waals surface area (Å²) in [5.41, 5.74) is 9.72. The number of rotatable bonds is 5.